The van der Waals surface area contributed by atoms with Gasteiger partial charge in [-0.15, -0.1) is 11.3 Å². The van der Waals surface area contributed by atoms with Gasteiger partial charge in [-0.2, -0.15) is 0 Å². The summed E-state index contributed by atoms with van der Waals surface area (Å²) in [4.78, 5) is 15.3. The van der Waals surface area contributed by atoms with Crippen LogP contribution in [0.4, 0.5) is 0 Å². The number of fused-ring (bicyclic) bond motifs is 1. The third-order valence-corrected chi connectivity index (χ3v) is 4.90. The first-order valence-electron chi connectivity index (χ1n) is 6.95. The Morgan fingerprint density at radius 2 is 1.96 bits per heavy atom. The molecule has 0 radical (unpaired) electrons. The van der Waals surface area contributed by atoms with Gasteiger partial charge in [0, 0.05) is 11.1 Å². The number of halogens is 1. The van der Waals surface area contributed by atoms with Gasteiger partial charge < -0.3 is 4.42 Å². The van der Waals surface area contributed by atoms with E-state index in [4.69, 9.17) is 16.0 Å². The van der Waals surface area contributed by atoms with E-state index < -0.39 is 0 Å². The van der Waals surface area contributed by atoms with E-state index in [2.05, 4.69) is 4.98 Å². The van der Waals surface area contributed by atoms with Crippen molar-refractivity contribution in [1.82, 2.24) is 4.98 Å². The highest BCUT2D eigenvalue weighted by Crippen LogP contribution is 2.36. The number of carbonyl (C=O) groups is 1. The van der Waals surface area contributed by atoms with Gasteiger partial charge in [0.2, 0.25) is 0 Å². The van der Waals surface area contributed by atoms with Gasteiger partial charge in [-0.3, -0.25) is 4.79 Å². The molecule has 0 bridgehead atoms. The second-order valence-electron chi connectivity index (χ2n) is 5.00. The Balaban J connectivity index is 1.76. The van der Waals surface area contributed by atoms with E-state index in [1.165, 1.54) is 0 Å². The number of hydrogen-bond acceptors (Lipinski definition) is 4. The molecule has 2 aromatic carbocycles. The van der Waals surface area contributed by atoms with Crippen molar-refractivity contribution in [2.45, 2.75) is 0 Å². The zero-order valence-electron chi connectivity index (χ0n) is 11.8. The van der Waals surface area contributed by atoms with Gasteiger partial charge in [0.15, 0.2) is 12.0 Å². The van der Waals surface area contributed by atoms with Crippen LogP contribution in [0.25, 0.3) is 32.1 Å². The molecule has 0 aliphatic carbocycles. The van der Waals surface area contributed by atoms with Crippen LogP contribution >= 0.6 is 22.9 Å². The molecule has 112 valence electrons. The molecule has 0 fully saturated rings. The number of furan rings is 1. The lowest BCUT2D eigenvalue weighted by molar-refractivity contribution is 0.110. The lowest BCUT2D eigenvalue weighted by Gasteiger charge is -2.03. The molecular weight excluding hydrogens is 330 g/mol. The van der Waals surface area contributed by atoms with E-state index >= 15 is 0 Å². The minimum absolute atomic E-state index is 0.298. The maximum atomic E-state index is 10.7. The second-order valence-corrected chi connectivity index (χ2v) is 6.44. The summed E-state index contributed by atoms with van der Waals surface area (Å²) in [7, 11) is 0. The first-order chi connectivity index (χ1) is 11.2. The van der Waals surface area contributed by atoms with E-state index in [0.717, 1.165) is 26.4 Å². The fourth-order valence-corrected chi connectivity index (χ4v) is 3.73. The predicted molar refractivity (Wildman–Crippen MR) is 93.2 cm³/mol. The van der Waals surface area contributed by atoms with Gasteiger partial charge in [0.1, 0.15) is 10.8 Å². The van der Waals surface area contributed by atoms with E-state index in [0.29, 0.717) is 22.8 Å². The summed E-state index contributed by atoms with van der Waals surface area (Å²) in [5.74, 6) is 0.913. The van der Waals surface area contributed by atoms with E-state index in [1.54, 1.807) is 23.5 Å². The summed E-state index contributed by atoms with van der Waals surface area (Å²) in [6.07, 6.45) is 0.681. The zero-order chi connectivity index (χ0) is 15.8. The fraction of sp³-hybridized carbons (Fsp3) is 0. The van der Waals surface area contributed by atoms with Crippen LogP contribution in [-0.4, -0.2) is 11.3 Å². The number of rotatable bonds is 3. The minimum Gasteiger partial charge on any atom is -0.453 e. The van der Waals surface area contributed by atoms with Crippen LogP contribution in [0, 0.1) is 0 Å². The van der Waals surface area contributed by atoms with Gasteiger partial charge in [-0.1, -0.05) is 29.8 Å². The number of benzene rings is 2. The summed E-state index contributed by atoms with van der Waals surface area (Å²) in [6, 6.07) is 17.1. The van der Waals surface area contributed by atoms with E-state index in [1.807, 2.05) is 42.5 Å². The Morgan fingerprint density at radius 1 is 1.09 bits per heavy atom. The number of carbonyl (C=O) groups excluding carboxylic acids is 1. The Hall–Kier alpha value is -2.43. The van der Waals surface area contributed by atoms with Gasteiger partial charge >= 0.3 is 0 Å². The van der Waals surface area contributed by atoms with Crippen molar-refractivity contribution in [2.24, 2.45) is 0 Å². The smallest absolute Gasteiger partial charge is 0.185 e. The Labute approximate surface area is 141 Å². The number of para-hydroxylation sites is 1. The molecule has 0 aliphatic rings. The number of hydrogen-bond donors (Lipinski definition) is 0. The second kappa shape index (κ2) is 5.65. The molecule has 0 atom stereocenters. The molecule has 2 aromatic heterocycles. The molecule has 0 N–H and O–H groups in total. The molecular formula is C18H10ClNO2S. The van der Waals surface area contributed by atoms with Crippen molar-refractivity contribution in [1.29, 1.82) is 0 Å². The molecule has 4 rings (SSSR count). The van der Waals surface area contributed by atoms with Crippen LogP contribution in [0.3, 0.4) is 0 Å². The largest absolute Gasteiger partial charge is 0.453 e. The molecule has 0 saturated carbocycles. The molecule has 0 unspecified atom stereocenters. The Kier molecular flexibility index (Phi) is 3.48. The minimum atomic E-state index is 0.298. The maximum absolute atomic E-state index is 10.7. The standard InChI is InChI=1S/C18H10ClNO2S/c19-14-9-11(16-8-6-12(10-21)22-16)5-7-13(14)18-20-15-3-1-2-4-17(15)23-18/h1-10H. The van der Waals surface area contributed by atoms with E-state index in [9.17, 15) is 4.79 Å². The van der Waals surface area contributed by atoms with Crippen LogP contribution in [-0.2, 0) is 0 Å². The molecule has 4 aromatic rings. The third-order valence-electron chi connectivity index (χ3n) is 3.52. The zero-order valence-corrected chi connectivity index (χ0v) is 13.4. The van der Waals surface area contributed by atoms with Crippen LogP contribution in [0.15, 0.2) is 59.0 Å². The van der Waals surface area contributed by atoms with E-state index in [-0.39, 0.29) is 0 Å². The van der Waals surface area contributed by atoms with Crippen molar-refractivity contribution in [2.75, 3.05) is 0 Å². The molecule has 0 aliphatic heterocycles. The van der Waals surface area contributed by atoms with Crippen molar-refractivity contribution in [3.05, 3.63) is 65.4 Å². The lowest BCUT2D eigenvalue weighted by atomic mass is 10.1. The summed E-state index contributed by atoms with van der Waals surface area (Å²) in [5.41, 5.74) is 2.68. The number of thiazole rings is 1. The average Bonchev–Trinajstić information content (AvgIpc) is 3.21. The molecule has 23 heavy (non-hydrogen) atoms. The van der Waals surface area contributed by atoms with Crippen LogP contribution in [0.2, 0.25) is 5.02 Å². The number of aldehydes is 1. The highest BCUT2D eigenvalue weighted by atomic mass is 35.5. The molecule has 0 amide bonds. The quantitative estimate of drug-likeness (QED) is 0.450. The topological polar surface area (TPSA) is 43.1 Å². The highest BCUT2D eigenvalue weighted by Gasteiger charge is 2.12. The lowest BCUT2D eigenvalue weighted by Crippen LogP contribution is -1.81. The van der Waals surface area contributed by atoms with Crippen molar-refractivity contribution >= 4 is 39.4 Å². The molecule has 0 spiro atoms. The van der Waals surface area contributed by atoms with Crippen LogP contribution < -0.4 is 0 Å². The predicted octanol–water partition coefficient (Wildman–Crippen LogP) is 5.69. The molecule has 5 heteroatoms. The summed E-state index contributed by atoms with van der Waals surface area (Å²) in [6.45, 7) is 0. The highest BCUT2D eigenvalue weighted by molar-refractivity contribution is 7.21. The maximum Gasteiger partial charge on any atom is 0.185 e. The van der Waals surface area contributed by atoms with Crippen LogP contribution in [0.5, 0.6) is 0 Å². The monoisotopic (exact) mass is 339 g/mol. The van der Waals surface area contributed by atoms with Gasteiger partial charge in [0.25, 0.3) is 0 Å². The summed E-state index contributed by atoms with van der Waals surface area (Å²) in [5, 5.41) is 1.49. The molecule has 3 nitrogen and oxygen atoms in total. The summed E-state index contributed by atoms with van der Waals surface area (Å²) >= 11 is 8.05. The molecule has 2 heterocycles. The van der Waals surface area contributed by atoms with Crippen molar-refractivity contribution in [3.8, 4) is 21.9 Å². The van der Waals surface area contributed by atoms with Gasteiger partial charge in [0.05, 0.1) is 15.2 Å². The first-order valence-corrected chi connectivity index (χ1v) is 8.15. The first kappa shape index (κ1) is 14.2. The normalized spacial score (nSPS) is 11.0. The Bertz CT molecular complexity index is 986. The van der Waals surface area contributed by atoms with Crippen LogP contribution in [0.1, 0.15) is 10.6 Å². The summed E-state index contributed by atoms with van der Waals surface area (Å²) < 4.78 is 6.56. The number of aromatic nitrogens is 1. The van der Waals surface area contributed by atoms with Gasteiger partial charge in [-0.25, -0.2) is 4.98 Å². The van der Waals surface area contributed by atoms with Crippen molar-refractivity contribution in [3.63, 3.8) is 0 Å². The molecule has 0 saturated heterocycles. The fourth-order valence-electron chi connectivity index (χ4n) is 2.40. The SMILES string of the molecule is O=Cc1ccc(-c2ccc(-c3nc4ccccc4s3)c(Cl)c2)o1. The van der Waals surface area contributed by atoms with Crippen molar-refractivity contribution < 1.29 is 9.21 Å². The Morgan fingerprint density at radius 3 is 2.70 bits per heavy atom. The van der Waals surface area contributed by atoms with Gasteiger partial charge in [-0.05, 0) is 36.4 Å². The average molecular weight is 340 g/mol. The number of nitrogens with zero attached hydrogens (tertiary/aromatic N) is 1. The third kappa shape index (κ3) is 2.56.